The van der Waals surface area contributed by atoms with Crippen LogP contribution in [0.25, 0.3) is 11.4 Å². The first-order valence-electron chi connectivity index (χ1n) is 11.4. The van der Waals surface area contributed by atoms with Crippen LogP contribution in [0.2, 0.25) is 5.02 Å². The molecule has 4 aromatic rings. The molecule has 1 saturated heterocycles. The molecule has 0 bridgehead atoms. The number of imidazole rings is 1. The first kappa shape index (κ1) is 22.9. The predicted molar refractivity (Wildman–Crippen MR) is 135 cm³/mol. The monoisotopic (exact) mass is 485 g/mol. The maximum absolute atomic E-state index is 13.3. The van der Waals surface area contributed by atoms with Crippen molar-refractivity contribution in [2.75, 3.05) is 6.54 Å². The largest absolute Gasteiger partial charge is 0.505 e. The molecular formula is C28H24ClN3O3. The third-order valence-electron chi connectivity index (χ3n) is 6.50. The lowest BCUT2D eigenvalue weighted by Gasteiger charge is -2.25. The molecule has 7 heteroatoms. The molecule has 1 aliphatic rings. The van der Waals surface area contributed by atoms with E-state index in [1.165, 1.54) is 4.90 Å². The van der Waals surface area contributed by atoms with Crippen molar-refractivity contribution >= 4 is 34.7 Å². The van der Waals surface area contributed by atoms with Gasteiger partial charge in [0.1, 0.15) is 11.3 Å². The fourth-order valence-corrected chi connectivity index (χ4v) is 4.90. The summed E-state index contributed by atoms with van der Waals surface area (Å²) in [5.74, 6) is -1.66. The van der Waals surface area contributed by atoms with E-state index in [1.54, 1.807) is 18.2 Å². The number of likely N-dealkylation sites (tertiary alicyclic amines) is 1. The zero-order valence-corrected chi connectivity index (χ0v) is 20.2. The number of aryl methyl sites for hydroxylation is 2. The van der Waals surface area contributed by atoms with Crippen LogP contribution in [0.4, 0.5) is 0 Å². The van der Waals surface area contributed by atoms with Gasteiger partial charge < -0.3 is 14.4 Å². The Morgan fingerprint density at radius 1 is 1.03 bits per heavy atom. The van der Waals surface area contributed by atoms with Gasteiger partial charge in [-0.2, -0.15) is 0 Å². The van der Waals surface area contributed by atoms with Gasteiger partial charge in [0.05, 0.1) is 17.3 Å². The smallest absolute Gasteiger partial charge is 0.295 e. The summed E-state index contributed by atoms with van der Waals surface area (Å²) in [6, 6.07) is 19.9. The summed E-state index contributed by atoms with van der Waals surface area (Å²) >= 11 is 6.27. The highest BCUT2D eigenvalue weighted by molar-refractivity contribution is 6.46. The molecule has 2 aromatic heterocycles. The van der Waals surface area contributed by atoms with E-state index in [4.69, 9.17) is 11.6 Å². The lowest BCUT2D eigenvalue weighted by atomic mass is 9.96. The highest BCUT2D eigenvalue weighted by atomic mass is 35.5. The van der Waals surface area contributed by atoms with Crippen LogP contribution in [0, 0.1) is 13.8 Å². The Kier molecular flexibility index (Phi) is 5.91. The van der Waals surface area contributed by atoms with Gasteiger partial charge in [-0.15, -0.1) is 0 Å². The fraction of sp³-hybridized carbons (Fsp3) is 0.179. The normalized spacial score (nSPS) is 17.5. The van der Waals surface area contributed by atoms with Crippen molar-refractivity contribution in [2.45, 2.75) is 26.3 Å². The molecule has 0 saturated carbocycles. The number of nitrogens with zero attached hydrogens (tertiary/aromatic N) is 3. The first-order chi connectivity index (χ1) is 16.9. The number of rotatable bonds is 5. The van der Waals surface area contributed by atoms with Crippen LogP contribution in [0.3, 0.4) is 0 Å². The number of amides is 1. The molecule has 5 rings (SSSR count). The standard InChI is InChI=1S/C28H24ClN3O3/c1-17-8-7-14-31-18(2)23(30-27(17)31)25(33)22-24(20-11-6-12-21(29)16-20)32(28(35)26(22)34)15-13-19-9-4-3-5-10-19/h3-12,14,16,24,33H,13,15H2,1-2H3/b25-22+. The van der Waals surface area contributed by atoms with Crippen molar-refractivity contribution in [1.82, 2.24) is 14.3 Å². The third kappa shape index (κ3) is 4.00. The molecule has 6 nitrogen and oxygen atoms in total. The summed E-state index contributed by atoms with van der Waals surface area (Å²) < 4.78 is 1.87. The van der Waals surface area contributed by atoms with E-state index in [0.717, 1.165) is 11.1 Å². The summed E-state index contributed by atoms with van der Waals surface area (Å²) in [7, 11) is 0. The SMILES string of the molecule is Cc1cccn2c(C)c(/C(O)=C3\C(=O)C(=O)N(CCc4ccccc4)C3c3cccc(Cl)c3)nc12. The maximum Gasteiger partial charge on any atom is 0.295 e. The predicted octanol–water partition coefficient (Wildman–Crippen LogP) is 5.27. The van der Waals surface area contributed by atoms with E-state index in [2.05, 4.69) is 4.98 Å². The van der Waals surface area contributed by atoms with Crippen molar-refractivity contribution in [3.8, 4) is 0 Å². The molecule has 0 spiro atoms. The second-order valence-electron chi connectivity index (χ2n) is 8.71. The van der Waals surface area contributed by atoms with Gasteiger partial charge >= 0.3 is 0 Å². The average Bonchev–Trinajstić information content (AvgIpc) is 3.33. The van der Waals surface area contributed by atoms with Crippen molar-refractivity contribution < 1.29 is 14.7 Å². The molecule has 3 heterocycles. The molecule has 1 N–H and O–H groups in total. The number of pyridine rings is 1. The van der Waals surface area contributed by atoms with Gasteiger partial charge in [-0.1, -0.05) is 60.1 Å². The summed E-state index contributed by atoms with van der Waals surface area (Å²) in [5.41, 5.74) is 4.31. The van der Waals surface area contributed by atoms with Gasteiger partial charge in [-0.05, 0) is 55.2 Å². The van der Waals surface area contributed by atoms with E-state index in [9.17, 15) is 14.7 Å². The van der Waals surface area contributed by atoms with Crippen LogP contribution < -0.4 is 0 Å². The lowest BCUT2D eigenvalue weighted by Crippen LogP contribution is -2.31. The highest BCUT2D eigenvalue weighted by Crippen LogP contribution is 2.40. The number of fused-ring (bicyclic) bond motifs is 1. The van der Waals surface area contributed by atoms with Gasteiger partial charge in [-0.25, -0.2) is 4.98 Å². The minimum absolute atomic E-state index is 0.0227. The van der Waals surface area contributed by atoms with Crippen LogP contribution in [0.5, 0.6) is 0 Å². The summed E-state index contributed by atoms with van der Waals surface area (Å²) in [6.07, 6.45) is 2.42. The Morgan fingerprint density at radius 3 is 2.51 bits per heavy atom. The number of benzene rings is 2. The molecule has 1 aliphatic heterocycles. The fourth-order valence-electron chi connectivity index (χ4n) is 4.70. The molecule has 176 valence electrons. The van der Waals surface area contributed by atoms with Crippen molar-refractivity contribution in [1.29, 1.82) is 0 Å². The Bertz CT molecular complexity index is 1490. The molecule has 0 radical (unpaired) electrons. The van der Waals surface area contributed by atoms with Crippen LogP contribution in [-0.2, 0) is 16.0 Å². The summed E-state index contributed by atoms with van der Waals surface area (Å²) in [5, 5.41) is 11.9. The number of hydrogen-bond acceptors (Lipinski definition) is 4. The quantitative estimate of drug-likeness (QED) is 0.237. The lowest BCUT2D eigenvalue weighted by molar-refractivity contribution is -0.139. The zero-order valence-electron chi connectivity index (χ0n) is 19.4. The number of aliphatic hydroxyl groups is 1. The first-order valence-corrected chi connectivity index (χ1v) is 11.8. The van der Waals surface area contributed by atoms with Gasteiger partial charge in [0.2, 0.25) is 0 Å². The second-order valence-corrected chi connectivity index (χ2v) is 9.15. The molecule has 0 aliphatic carbocycles. The van der Waals surface area contributed by atoms with E-state index in [1.807, 2.05) is 73.0 Å². The van der Waals surface area contributed by atoms with Crippen LogP contribution >= 0.6 is 11.6 Å². The number of ketones is 1. The topological polar surface area (TPSA) is 74.9 Å². The zero-order chi connectivity index (χ0) is 24.7. The van der Waals surface area contributed by atoms with E-state index < -0.39 is 17.7 Å². The van der Waals surface area contributed by atoms with E-state index in [0.29, 0.717) is 34.9 Å². The number of Topliss-reactive ketones (excluding diaryl/α,β-unsaturated/α-hetero) is 1. The van der Waals surface area contributed by atoms with Gasteiger partial charge in [-0.3, -0.25) is 9.59 Å². The number of hydrogen-bond donors (Lipinski definition) is 1. The second kappa shape index (κ2) is 9.04. The molecule has 35 heavy (non-hydrogen) atoms. The molecule has 1 unspecified atom stereocenters. The Labute approximate surface area is 208 Å². The van der Waals surface area contributed by atoms with Crippen molar-refractivity contribution in [2.24, 2.45) is 0 Å². The van der Waals surface area contributed by atoms with E-state index >= 15 is 0 Å². The Balaban J connectivity index is 1.65. The number of aromatic nitrogens is 2. The molecule has 2 aromatic carbocycles. The molecule has 1 atom stereocenters. The molecule has 1 fully saturated rings. The van der Waals surface area contributed by atoms with Crippen LogP contribution in [0.1, 0.15) is 34.1 Å². The highest BCUT2D eigenvalue weighted by Gasteiger charge is 2.46. The number of carbonyl (C=O) groups excluding carboxylic acids is 2. The molecular weight excluding hydrogens is 462 g/mol. The van der Waals surface area contributed by atoms with Crippen molar-refractivity contribution in [3.63, 3.8) is 0 Å². The Morgan fingerprint density at radius 2 is 1.80 bits per heavy atom. The van der Waals surface area contributed by atoms with Crippen molar-refractivity contribution in [3.05, 3.63) is 112 Å². The third-order valence-corrected chi connectivity index (χ3v) is 6.73. The van der Waals surface area contributed by atoms with Gasteiger partial charge in [0.15, 0.2) is 5.76 Å². The minimum atomic E-state index is -0.775. The summed E-state index contributed by atoms with van der Waals surface area (Å²) in [6.45, 7) is 4.07. The van der Waals surface area contributed by atoms with E-state index in [-0.39, 0.29) is 17.0 Å². The number of aliphatic hydroxyl groups excluding tert-OH is 1. The summed E-state index contributed by atoms with van der Waals surface area (Å²) in [4.78, 5) is 32.7. The van der Waals surface area contributed by atoms with Crippen LogP contribution in [0.15, 0.2) is 78.5 Å². The number of halogens is 1. The molecule has 1 amide bonds. The maximum atomic E-state index is 13.3. The van der Waals surface area contributed by atoms with Crippen LogP contribution in [-0.4, -0.2) is 37.6 Å². The Hall–Kier alpha value is -3.90. The van der Waals surface area contributed by atoms with Gasteiger partial charge in [0.25, 0.3) is 11.7 Å². The van der Waals surface area contributed by atoms with Gasteiger partial charge in [0, 0.05) is 17.8 Å². The minimum Gasteiger partial charge on any atom is -0.505 e. The average molecular weight is 486 g/mol. The number of carbonyl (C=O) groups is 2.